The predicted octanol–water partition coefficient (Wildman–Crippen LogP) is 7.90. The number of thiophene rings is 1. The van der Waals surface area contributed by atoms with Crippen molar-refractivity contribution >= 4 is 60.9 Å². The van der Waals surface area contributed by atoms with Crippen LogP contribution >= 0.6 is 11.3 Å². The summed E-state index contributed by atoms with van der Waals surface area (Å²) in [6.07, 6.45) is 8.43. The maximum Gasteiger partial charge on any atom is 0.293 e. The third-order valence-corrected chi connectivity index (χ3v) is 15.4. The van der Waals surface area contributed by atoms with E-state index in [2.05, 4.69) is 60.0 Å². The maximum atomic E-state index is 14.0. The van der Waals surface area contributed by atoms with Gasteiger partial charge in [-0.1, -0.05) is 19.4 Å². The summed E-state index contributed by atoms with van der Waals surface area (Å²) in [5.74, 6) is -0.271. The minimum absolute atomic E-state index is 0.0289. The van der Waals surface area contributed by atoms with Gasteiger partial charge in [0.05, 0.1) is 41.4 Å². The number of carbonyl (C=O) groups excluding carboxylic acids is 1. The lowest BCUT2D eigenvalue weighted by Gasteiger charge is -2.39. The van der Waals surface area contributed by atoms with Gasteiger partial charge in [-0.05, 0) is 102 Å². The van der Waals surface area contributed by atoms with E-state index in [0.717, 1.165) is 115 Å². The zero-order valence-corrected chi connectivity index (χ0v) is 39.2. The number of nitro groups is 1. The normalized spacial score (nSPS) is 19.8. The van der Waals surface area contributed by atoms with Crippen molar-refractivity contribution in [2.24, 2.45) is 11.3 Å². The number of H-pyrrole nitrogens is 1. The Morgan fingerprint density at radius 1 is 1.00 bits per heavy atom. The van der Waals surface area contributed by atoms with E-state index in [-0.39, 0.29) is 28.3 Å². The van der Waals surface area contributed by atoms with Gasteiger partial charge in [0, 0.05) is 99.8 Å². The number of pyridine rings is 1. The molecule has 3 aromatic heterocycles. The van der Waals surface area contributed by atoms with Crippen molar-refractivity contribution < 1.29 is 32.3 Å². The molecule has 4 aliphatic rings. The topological polar surface area (TPSA) is 184 Å². The van der Waals surface area contributed by atoms with Crippen molar-refractivity contribution in [2.45, 2.75) is 57.4 Å². The van der Waals surface area contributed by atoms with Gasteiger partial charge in [-0.3, -0.25) is 24.7 Å². The van der Waals surface area contributed by atoms with Crippen molar-refractivity contribution in [3.8, 4) is 11.5 Å². The summed E-state index contributed by atoms with van der Waals surface area (Å²) in [5.41, 5.74) is 5.86. The Hall–Kier alpha value is -5.37. The van der Waals surface area contributed by atoms with Crippen LogP contribution in [0.4, 0.5) is 17.1 Å². The molecular weight excluding hydrogens is 881 g/mol. The van der Waals surface area contributed by atoms with E-state index in [0.29, 0.717) is 31.2 Å². The van der Waals surface area contributed by atoms with Gasteiger partial charge in [0.2, 0.25) is 0 Å². The van der Waals surface area contributed by atoms with Gasteiger partial charge in [-0.15, -0.1) is 11.3 Å². The molecule has 3 N–H and O–H groups in total. The molecule has 3 fully saturated rings. The number of nitrogens with one attached hydrogen (secondary N) is 3. The Morgan fingerprint density at radius 3 is 2.61 bits per heavy atom. The molecule has 1 amide bonds. The zero-order valence-electron chi connectivity index (χ0n) is 37.6. The number of piperazine rings is 1. The molecule has 350 valence electrons. The molecule has 0 bridgehead atoms. The van der Waals surface area contributed by atoms with Crippen LogP contribution < -0.4 is 19.7 Å². The first kappa shape index (κ1) is 45.8. The van der Waals surface area contributed by atoms with Gasteiger partial charge in [0.1, 0.15) is 22.8 Å². The number of anilines is 2. The van der Waals surface area contributed by atoms with E-state index in [1.165, 1.54) is 39.9 Å². The number of hydrogen-bond acceptors (Lipinski definition) is 14. The quantitative estimate of drug-likeness (QED) is 0.0681. The summed E-state index contributed by atoms with van der Waals surface area (Å²) >= 11 is 1.86. The van der Waals surface area contributed by atoms with E-state index >= 15 is 0 Å². The number of amides is 1. The van der Waals surface area contributed by atoms with Crippen LogP contribution in [0.25, 0.3) is 16.6 Å². The number of fused-ring (bicyclic) bond motifs is 1. The minimum Gasteiger partial charge on any atom is -0.455 e. The first-order valence-electron chi connectivity index (χ1n) is 22.8. The molecule has 3 aliphatic heterocycles. The summed E-state index contributed by atoms with van der Waals surface area (Å²) in [6.45, 7) is 15.0. The molecule has 1 unspecified atom stereocenters. The minimum atomic E-state index is -4.56. The lowest BCUT2D eigenvalue weighted by atomic mass is 9.73. The summed E-state index contributed by atoms with van der Waals surface area (Å²) < 4.78 is 47.0. The molecule has 16 nitrogen and oxygen atoms in total. The van der Waals surface area contributed by atoms with E-state index < -0.39 is 31.4 Å². The van der Waals surface area contributed by atoms with Crippen molar-refractivity contribution in [3.63, 3.8) is 0 Å². The number of nitro benzene ring substituents is 1. The molecule has 0 saturated carbocycles. The highest BCUT2D eigenvalue weighted by atomic mass is 32.2. The molecule has 3 saturated heterocycles. The number of sulfonamides is 1. The number of aromatic nitrogens is 2. The van der Waals surface area contributed by atoms with Crippen LogP contribution in [0, 0.1) is 21.4 Å². The maximum absolute atomic E-state index is 14.0. The second kappa shape index (κ2) is 19.8. The third kappa shape index (κ3) is 10.9. The highest BCUT2D eigenvalue weighted by Crippen LogP contribution is 2.44. The van der Waals surface area contributed by atoms with E-state index in [1.807, 2.05) is 17.4 Å². The molecule has 0 spiro atoms. The number of morpholine rings is 1. The highest BCUT2D eigenvalue weighted by Gasteiger charge is 2.31. The lowest BCUT2D eigenvalue weighted by Crippen LogP contribution is -2.47. The predicted molar refractivity (Wildman–Crippen MR) is 256 cm³/mol. The average Bonchev–Trinajstić information content (AvgIpc) is 3.99. The fourth-order valence-electron chi connectivity index (χ4n) is 9.37. The standard InChI is InChI=1S/C48H58N8O8S2/c1-48(2)11-9-35(42(26-48)36-23-39(65-32-36)30-54-17-20-62-21-18-54)29-53-13-15-55(16-14-53)37-5-7-41(45(24-37)64-38-22-34-10-12-49-46(34)51-28-38)47(57)52-66(60,61)40-6-8-43(44(25-40)56(58)59)50-27-33-4-3-19-63-31-33/h5-8,10,12,22-25,28,32-33,50H,3-4,9,11,13-21,26-27,29-31H2,1-2H3,(H,49,51)(H,52,57). The summed E-state index contributed by atoms with van der Waals surface area (Å²) in [4.78, 5) is 41.2. The van der Waals surface area contributed by atoms with Gasteiger partial charge in [-0.2, -0.15) is 0 Å². The van der Waals surface area contributed by atoms with Gasteiger partial charge < -0.3 is 29.4 Å². The number of benzene rings is 2. The van der Waals surface area contributed by atoms with E-state index in [1.54, 1.807) is 30.5 Å². The summed E-state index contributed by atoms with van der Waals surface area (Å²) in [5, 5.41) is 18.3. The highest BCUT2D eigenvalue weighted by molar-refractivity contribution is 7.90. The van der Waals surface area contributed by atoms with E-state index in [4.69, 9.17) is 14.2 Å². The molecule has 2 aromatic carbocycles. The number of hydrogen-bond donors (Lipinski definition) is 3. The van der Waals surface area contributed by atoms with Crippen molar-refractivity contribution in [1.82, 2.24) is 24.5 Å². The Labute approximate surface area is 389 Å². The second-order valence-electron chi connectivity index (χ2n) is 18.6. The van der Waals surface area contributed by atoms with Crippen LogP contribution in [0.2, 0.25) is 0 Å². The Morgan fingerprint density at radius 2 is 1.82 bits per heavy atom. The van der Waals surface area contributed by atoms with Crippen molar-refractivity contribution in [1.29, 1.82) is 0 Å². The van der Waals surface area contributed by atoms with Crippen LogP contribution in [0.15, 0.2) is 82.8 Å². The molecule has 6 heterocycles. The summed E-state index contributed by atoms with van der Waals surface area (Å²) in [6, 6.07) is 14.7. The molecular formula is C48H58N8O8S2. The number of aromatic amines is 1. The second-order valence-corrected chi connectivity index (χ2v) is 21.3. The van der Waals surface area contributed by atoms with Crippen molar-refractivity contribution in [3.05, 3.63) is 104 Å². The number of nitrogens with zero attached hydrogens (tertiary/aromatic N) is 5. The van der Waals surface area contributed by atoms with Gasteiger partial charge in [0.25, 0.3) is 21.6 Å². The molecule has 1 aliphatic carbocycles. The van der Waals surface area contributed by atoms with Gasteiger partial charge >= 0.3 is 0 Å². The Balaban J connectivity index is 0.908. The van der Waals surface area contributed by atoms with Gasteiger partial charge in [-0.25, -0.2) is 18.1 Å². The number of carbonyl (C=O) groups is 1. The third-order valence-electron chi connectivity index (χ3n) is 13.2. The molecule has 18 heteroatoms. The number of ether oxygens (including phenoxy) is 3. The smallest absolute Gasteiger partial charge is 0.293 e. The van der Waals surface area contributed by atoms with Crippen LogP contribution in [-0.4, -0.2) is 118 Å². The number of rotatable bonds is 15. The monoisotopic (exact) mass is 938 g/mol. The van der Waals surface area contributed by atoms with Crippen molar-refractivity contribution in [2.75, 3.05) is 89.0 Å². The van der Waals surface area contributed by atoms with E-state index in [9.17, 15) is 23.3 Å². The molecule has 5 aromatic rings. The molecule has 0 radical (unpaired) electrons. The zero-order chi connectivity index (χ0) is 45.8. The lowest BCUT2D eigenvalue weighted by molar-refractivity contribution is -0.384. The Kier molecular flexibility index (Phi) is 13.8. The first-order valence-corrected chi connectivity index (χ1v) is 25.2. The largest absolute Gasteiger partial charge is 0.455 e. The fourth-order valence-corrected chi connectivity index (χ4v) is 11.3. The SMILES string of the molecule is CC1(C)CCC(CN2CCN(c3ccc(C(=O)NS(=O)(=O)c4ccc(NCC5CCCOC5)c([N+](=O)[O-])c4)c(Oc4cnc5[nH]ccc5c4)c3)CC2)=C(c2csc(CN3CCOCC3)c2)C1. The fraction of sp³-hybridized carbons (Fsp3) is 0.458. The van der Waals surface area contributed by atoms with Crippen LogP contribution in [0.5, 0.6) is 11.5 Å². The Bertz CT molecular complexity index is 2700. The molecule has 9 rings (SSSR count). The summed E-state index contributed by atoms with van der Waals surface area (Å²) in [7, 11) is -4.56. The van der Waals surface area contributed by atoms with Gasteiger partial charge in [0.15, 0.2) is 0 Å². The molecule has 66 heavy (non-hydrogen) atoms. The first-order chi connectivity index (χ1) is 31.9. The molecule has 1 atom stereocenters. The van der Waals surface area contributed by atoms with Crippen LogP contribution in [0.1, 0.15) is 66.8 Å². The number of allylic oxidation sites excluding steroid dienone is 1. The van der Waals surface area contributed by atoms with Crippen LogP contribution in [-0.2, 0) is 26.0 Å². The average molecular weight is 939 g/mol. The van der Waals surface area contributed by atoms with Crippen LogP contribution in [0.3, 0.4) is 0 Å².